The van der Waals surface area contributed by atoms with Gasteiger partial charge in [0.1, 0.15) is 6.61 Å². The molecule has 0 atom stereocenters. The smallest absolute Gasteiger partial charge is 0.335 e. The van der Waals surface area contributed by atoms with Crippen molar-refractivity contribution in [3.8, 4) is 11.5 Å². The van der Waals surface area contributed by atoms with Gasteiger partial charge in [-0.25, -0.2) is 4.79 Å². The second-order valence-corrected chi connectivity index (χ2v) is 7.52. The quantitative estimate of drug-likeness (QED) is 0.453. The molecule has 0 saturated carbocycles. The van der Waals surface area contributed by atoms with E-state index in [0.717, 1.165) is 16.0 Å². The van der Waals surface area contributed by atoms with Crippen molar-refractivity contribution in [2.45, 2.75) is 19.7 Å². The van der Waals surface area contributed by atoms with Crippen LogP contribution in [-0.4, -0.2) is 18.2 Å². The van der Waals surface area contributed by atoms with Crippen LogP contribution in [0.25, 0.3) is 0 Å². The van der Waals surface area contributed by atoms with Gasteiger partial charge in [-0.3, -0.25) is 0 Å². The average Bonchev–Trinajstić information content (AvgIpc) is 3.20. The number of hydrogen-bond donors (Lipinski definition) is 2. The topological polar surface area (TPSA) is 67.8 Å². The SMILES string of the molecule is COc1cc(CNCc2ccc(C(=O)O)cc2)cc(Cl)c1OCc1cccs1.Cl. The van der Waals surface area contributed by atoms with Gasteiger partial charge in [0.15, 0.2) is 11.5 Å². The molecule has 3 rings (SSSR count). The third-order valence-electron chi connectivity index (χ3n) is 4.09. The standard InChI is InChI=1S/C21H20ClNO4S.ClH/c1-26-19-10-15(9-18(22)20(19)27-13-17-3-2-8-28-17)12-23-11-14-4-6-16(7-5-14)21(24)25;/h2-10,23H,11-13H2,1H3,(H,24,25);1H. The Morgan fingerprint density at radius 3 is 2.48 bits per heavy atom. The van der Waals surface area contributed by atoms with Gasteiger partial charge in [0.2, 0.25) is 0 Å². The fourth-order valence-electron chi connectivity index (χ4n) is 2.67. The van der Waals surface area contributed by atoms with Crippen LogP contribution in [0.15, 0.2) is 53.9 Å². The van der Waals surface area contributed by atoms with E-state index < -0.39 is 5.97 Å². The molecule has 0 fully saturated rings. The van der Waals surface area contributed by atoms with Crippen molar-refractivity contribution >= 4 is 41.3 Å². The lowest BCUT2D eigenvalue weighted by molar-refractivity contribution is 0.0697. The molecule has 1 heterocycles. The zero-order valence-electron chi connectivity index (χ0n) is 15.7. The monoisotopic (exact) mass is 453 g/mol. The summed E-state index contributed by atoms with van der Waals surface area (Å²) < 4.78 is 11.3. The summed E-state index contributed by atoms with van der Waals surface area (Å²) in [6.07, 6.45) is 0. The van der Waals surface area contributed by atoms with E-state index in [1.54, 1.807) is 42.7 Å². The minimum Gasteiger partial charge on any atom is -0.493 e. The fourth-order valence-corrected chi connectivity index (χ4v) is 3.57. The molecule has 0 bridgehead atoms. The van der Waals surface area contributed by atoms with Gasteiger partial charge in [0, 0.05) is 18.0 Å². The molecule has 2 N–H and O–H groups in total. The number of carboxylic acid groups (broad SMARTS) is 1. The van der Waals surface area contributed by atoms with Crippen LogP contribution >= 0.6 is 35.3 Å². The molecule has 29 heavy (non-hydrogen) atoms. The Morgan fingerprint density at radius 1 is 1.14 bits per heavy atom. The highest BCUT2D eigenvalue weighted by Crippen LogP contribution is 2.37. The summed E-state index contributed by atoms with van der Waals surface area (Å²) >= 11 is 8.04. The number of carbonyl (C=O) groups is 1. The lowest BCUT2D eigenvalue weighted by atomic mass is 10.1. The van der Waals surface area contributed by atoms with Crippen LogP contribution < -0.4 is 14.8 Å². The summed E-state index contributed by atoms with van der Waals surface area (Å²) in [5, 5.41) is 14.8. The molecule has 2 aromatic carbocycles. The number of nitrogens with one attached hydrogen (secondary N) is 1. The van der Waals surface area contributed by atoms with Crippen molar-refractivity contribution in [3.05, 3.63) is 80.5 Å². The lowest BCUT2D eigenvalue weighted by Gasteiger charge is -2.14. The molecule has 0 amide bonds. The van der Waals surface area contributed by atoms with Crippen molar-refractivity contribution in [2.24, 2.45) is 0 Å². The number of ether oxygens (including phenoxy) is 2. The zero-order chi connectivity index (χ0) is 19.9. The first-order valence-corrected chi connectivity index (χ1v) is 9.87. The Labute approximate surface area is 184 Å². The molecular formula is C21H21Cl2NO4S. The Balaban J connectivity index is 0.00000300. The van der Waals surface area contributed by atoms with E-state index in [4.69, 9.17) is 26.2 Å². The maximum atomic E-state index is 10.9. The van der Waals surface area contributed by atoms with Crippen molar-refractivity contribution in [1.29, 1.82) is 0 Å². The molecule has 3 aromatic rings. The Morgan fingerprint density at radius 2 is 1.86 bits per heavy atom. The minimum absolute atomic E-state index is 0. The largest absolute Gasteiger partial charge is 0.493 e. The first kappa shape index (κ1) is 23.0. The minimum atomic E-state index is -0.928. The number of hydrogen-bond acceptors (Lipinski definition) is 5. The van der Waals surface area contributed by atoms with Crippen LogP contribution in [0, 0.1) is 0 Å². The van der Waals surface area contributed by atoms with Crippen molar-refractivity contribution < 1.29 is 19.4 Å². The third kappa shape index (κ3) is 6.37. The Kier molecular flexibility index (Phi) is 8.79. The van der Waals surface area contributed by atoms with E-state index in [0.29, 0.717) is 36.2 Å². The van der Waals surface area contributed by atoms with Gasteiger partial charge < -0.3 is 19.9 Å². The van der Waals surface area contributed by atoms with Gasteiger partial charge in [-0.05, 0) is 46.8 Å². The molecule has 1 aromatic heterocycles. The predicted molar refractivity (Wildman–Crippen MR) is 118 cm³/mol. The maximum absolute atomic E-state index is 10.9. The first-order chi connectivity index (χ1) is 13.6. The lowest BCUT2D eigenvalue weighted by Crippen LogP contribution is -2.13. The van der Waals surface area contributed by atoms with Crippen LogP contribution in [0.1, 0.15) is 26.4 Å². The van der Waals surface area contributed by atoms with Crippen molar-refractivity contribution in [3.63, 3.8) is 0 Å². The van der Waals surface area contributed by atoms with E-state index in [9.17, 15) is 4.79 Å². The van der Waals surface area contributed by atoms with Crippen LogP contribution in [0.4, 0.5) is 0 Å². The molecule has 0 spiro atoms. The summed E-state index contributed by atoms with van der Waals surface area (Å²) in [4.78, 5) is 12.0. The van der Waals surface area contributed by atoms with Crippen LogP contribution in [-0.2, 0) is 19.7 Å². The van der Waals surface area contributed by atoms with Crippen LogP contribution in [0.2, 0.25) is 5.02 Å². The molecule has 0 unspecified atom stereocenters. The van der Waals surface area contributed by atoms with Gasteiger partial charge >= 0.3 is 5.97 Å². The molecule has 0 saturated heterocycles. The van der Waals surface area contributed by atoms with E-state index in [2.05, 4.69) is 5.32 Å². The second-order valence-electron chi connectivity index (χ2n) is 6.08. The fraction of sp³-hybridized carbons (Fsp3) is 0.190. The molecule has 0 radical (unpaired) electrons. The van der Waals surface area contributed by atoms with Crippen LogP contribution in [0.5, 0.6) is 11.5 Å². The summed E-state index contributed by atoms with van der Waals surface area (Å²) in [7, 11) is 1.59. The number of thiophene rings is 1. The molecular weight excluding hydrogens is 433 g/mol. The Hall–Kier alpha value is -2.25. The summed E-state index contributed by atoms with van der Waals surface area (Å²) in [5.41, 5.74) is 2.24. The highest BCUT2D eigenvalue weighted by Gasteiger charge is 2.13. The number of methoxy groups -OCH3 is 1. The maximum Gasteiger partial charge on any atom is 0.335 e. The highest BCUT2D eigenvalue weighted by molar-refractivity contribution is 7.09. The summed E-state index contributed by atoms with van der Waals surface area (Å²) in [6, 6.07) is 14.5. The van der Waals surface area contributed by atoms with Crippen molar-refractivity contribution in [1.82, 2.24) is 5.32 Å². The zero-order valence-corrected chi connectivity index (χ0v) is 18.1. The van der Waals surface area contributed by atoms with Crippen molar-refractivity contribution in [2.75, 3.05) is 7.11 Å². The number of aromatic carboxylic acids is 1. The van der Waals surface area contributed by atoms with Gasteiger partial charge in [-0.15, -0.1) is 23.7 Å². The molecule has 0 aliphatic rings. The van der Waals surface area contributed by atoms with E-state index >= 15 is 0 Å². The number of carboxylic acids is 1. The molecule has 154 valence electrons. The third-order valence-corrected chi connectivity index (χ3v) is 5.22. The number of rotatable bonds is 9. The summed E-state index contributed by atoms with van der Waals surface area (Å²) in [5.74, 6) is 0.194. The van der Waals surface area contributed by atoms with E-state index in [1.807, 2.05) is 29.6 Å². The van der Waals surface area contributed by atoms with Crippen LogP contribution in [0.3, 0.4) is 0 Å². The van der Waals surface area contributed by atoms with Gasteiger partial charge in [-0.1, -0.05) is 29.8 Å². The van der Waals surface area contributed by atoms with Gasteiger partial charge in [0.05, 0.1) is 17.7 Å². The molecule has 8 heteroatoms. The predicted octanol–water partition coefficient (Wildman–Crippen LogP) is 5.40. The van der Waals surface area contributed by atoms with E-state index in [1.165, 1.54) is 0 Å². The average molecular weight is 454 g/mol. The molecule has 5 nitrogen and oxygen atoms in total. The molecule has 0 aliphatic heterocycles. The number of benzene rings is 2. The van der Waals surface area contributed by atoms with Gasteiger partial charge in [0.25, 0.3) is 0 Å². The normalized spacial score (nSPS) is 10.3. The van der Waals surface area contributed by atoms with Gasteiger partial charge in [-0.2, -0.15) is 0 Å². The van der Waals surface area contributed by atoms with E-state index in [-0.39, 0.29) is 18.0 Å². The molecule has 0 aliphatic carbocycles. The highest BCUT2D eigenvalue weighted by atomic mass is 35.5. The second kappa shape index (κ2) is 11.1. The summed E-state index contributed by atoms with van der Waals surface area (Å²) in [6.45, 7) is 1.64. The Bertz CT molecular complexity index is 931. The first-order valence-electron chi connectivity index (χ1n) is 8.61. The number of halogens is 2.